The molecule has 0 bridgehead atoms. The third kappa shape index (κ3) is 4.94. The Hall–Kier alpha value is -3.63. The predicted octanol–water partition coefficient (Wildman–Crippen LogP) is 4.10. The minimum atomic E-state index is -3.11. The van der Waals surface area contributed by atoms with Gasteiger partial charge in [-0.1, -0.05) is 11.6 Å². The second-order valence-electron chi connectivity index (χ2n) is 8.07. The highest BCUT2D eigenvalue weighted by molar-refractivity contribution is 7.91. The van der Waals surface area contributed by atoms with Crippen molar-refractivity contribution >= 4 is 49.8 Å². The third-order valence-electron chi connectivity index (χ3n) is 5.68. The highest BCUT2D eigenvalue weighted by Crippen LogP contribution is 2.30. The largest absolute Gasteiger partial charge is 0.340 e. The van der Waals surface area contributed by atoms with Crippen LogP contribution in [0, 0.1) is 5.82 Å². The van der Waals surface area contributed by atoms with Crippen LogP contribution in [0.1, 0.15) is 10.4 Å². The van der Waals surface area contributed by atoms with E-state index in [0.717, 1.165) is 0 Å². The molecule has 2 aromatic heterocycles. The summed E-state index contributed by atoms with van der Waals surface area (Å²) in [4.78, 5) is 28.0. The van der Waals surface area contributed by atoms with Crippen LogP contribution in [0.5, 0.6) is 0 Å². The number of fused-ring (bicyclic) bond motifs is 1. The molecule has 5 rings (SSSR count). The molecule has 1 amide bonds. The molecule has 1 aliphatic rings. The summed E-state index contributed by atoms with van der Waals surface area (Å²) in [6, 6.07) is 12.9. The highest BCUT2D eigenvalue weighted by atomic mass is 35.5. The average molecular weight is 512 g/mol. The van der Waals surface area contributed by atoms with Crippen molar-refractivity contribution < 1.29 is 17.6 Å². The van der Waals surface area contributed by atoms with Crippen LogP contribution in [-0.2, 0) is 9.84 Å². The van der Waals surface area contributed by atoms with Gasteiger partial charge in [0.25, 0.3) is 5.91 Å². The number of carbonyl (C=O) groups excluding carboxylic acids is 1. The van der Waals surface area contributed by atoms with E-state index in [9.17, 15) is 17.6 Å². The van der Waals surface area contributed by atoms with Gasteiger partial charge in [0.2, 0.25) is 0 Å². The molecule has 1 fully saturated rings. The topological polar surface area (TPSA) is 105 Å². The molecule has 0 radical (unpaired) electrons. The zero-order chi connectivity index (χ0) is 24.6. The zero-order valence-corrected chi connectivity index (χ0v) is 19.9. The van der Waals surface area contributed by atoms with Gasteiger partial charge in [-0.2, -0.15) is 0 Å². The van der Waals surface area contributed by atoms with Crippen LogP contribution in [-0.4, -0.2) is 58.8 Å². The first-order valence-corrected chi connectivity index (χ1v) is 12.9. The van der Waals surface area contributed by atoms with E-state index in [1.807, 2.05) is 6.07 Å². The Morgan fingerprint density at radius 2 is 1.86 bits per heavy atom. The van der Waals surface area contributed by atoms with E-state index in [1.54, 1.807) is 36.7 Å². The Morgan fingerprint density at radius 3 is 2.57 bits per heavy atom. The van der Waals surface area contributed by atoms with Gasteiger partial charge in [-0.25, -0.2) is 22.8 Å². The van der Waals surface area contributed by atoms with Crippen molar-refractivity contribution in [3.05, 3.63) is 77.3 Å². The molecular formula is C24H19ClFN5O3S. The van der Waals surface area contributed by atoms with Crippen molar-refractivity contribution in [1.29, 1.82) is 0 Å². The first-order chi connectivity index (χ1) is 16.8. The van der Waals surface area contributed by atoms with Gasteiger partial charge in [-0.15, -0.1) is 0 Å². The fourth-order valence-corrected chi connectivity index (χ4v) is 5.17. The summed E-state index contributed by atoms with van der Waals surface area (Å²) in [5, 5.41) is 3.67. The average Bonchev–Trinajstić information content (AvgIpc) is 2.86. The van der Waals surface area contributed by atoms with Gasteiger partial charge in [0.15, 0.2) is 15.7 Å². The molecule has 8 nitrogen and oxygen atoms in total. The molecule has 3 heterocycles. The molecule has 2 aromatic carbocycles. The van der Waals surface area contributed by atoms with Gasteiger partial charge in [-0.05, 0) is 48.5 Å². The number of anilines is 2. The number of nitrogens with one attached hydrogen (secondary N) is 1. The Morgan fingerprint density at radius 1 is 1.06 bits per heavy atom. The number of rotatable bonds is 4. The van der Waals surface area contributed by atoms with Gasteiger partial charge in [0, 0.05) is 47.7 Å². The fourth-order valence-electron chi connectivity index (χ4n) is 3.79. The summed E-state index contributed by atoms with van der Waals surface area (Å²) in [6.45, 7) is 0.295. The second kappa shape index (κ2) is 9.20. The smallest absolute Gasteiger partial charge is 0.253 e. The molecule has 0 aliphatic carbocycles. The molecule has 1 N–H and O–H groups in total. The van der Waals surface area contributed by atoms with E-state index in [2.05, 4.69) is 20.3 Å². The number of carbonyl (C=O) groups is 1. The van der Waals surface area contributed by atoms with E-state index in [1.165, 1.54) is 23.1 Å². The van der Waals surface area contributed by atoms with Crippen molar-refractivity contribution in [3.8, 4) is 11.4 Å². The summed E-state index contributed by atoms with van der Waals surface area (Å²) in [5.74, 6) is -0.107. The fraction of sp³-hybridized carbons (Fsp3) is 0.167. The van der Waals surface area contributed by atoms with E-state index in [-0.39, 0.29) is 35.5 Å². The number of hydrogen-bond donors (Lipinski definition) is 1. The molecule has 11 heteroatoms. The second-order valence-corrected chi connectivity index (χ2v) is 10.8. The monoisotopic (exact) mass is 511 g/mol. The summed E-state index contributed by atoms with van der Waals surface area (Å²) in [7, 11) is -3.11. The first kappa shape index (κ1) is 23.1. The number of aromatic nitrogens is 3. The SMILES string of the molecule is O=C(c1ccc2nc(-c3cccnc3)nc(Nc3ccc(F)c(Cl)c3)c2c1)N1CCS(=O)(=O)CC1. The van der Waals surface area contributed by atoms with Crippen molar-refractivity contribution in [1.82, 2.24) is 19.9 Å². The third-order valence-corrected chi connectivity index (χ3v) is 7.58. The number of sulfone groups is 1. The molecule has 4 aromatic rings. The van der Waals surface area contributed by atoms with Crippen LogP contribution in [0.15, 0.2) is 60.9 Å². The first-order valence-electron chi connectivity index (χ1n) is 10.7. The van der Waals surface area contributed by atoms with E-state index < -0.39 is 15.7 Å². The van der Waals surface area contributed by atoms with Gasteiger partial charge in [-0.3, -0.25) is 9.78 Å². The van der Waals surface area contributed by atoms with Crippen LogP contribution in [0.25, 0.3) is 22.3 Å². The number of amides is 1. The number of halogens is 2. The van der Waals surface area contributed by atoms with Gasteiger partial charge in [0.05, 0.1) is 22.0 Å². The lowest BCUT2D eigenvalue weighted by molar-refractivity contribution is 0.0770. The normalized spacial score (nSPS) is 15.2. The lowest BCUT2D eigenvalue weighted by Crippen LogP contribution is -2.43. The molecule has 0 spiro atoms. The van der Waals surface area contributed by atoms with Crippen LogP contribution in [0.3, 0.4) is 0 Å². The number of hydrogen-bond acceptors (Lipinski definition) is 7. The van der Waals surface area contributed by atoms with Crippen LogP contribution in [0.2, 0.25) is 5.02 Å². The molecule has 1 aliphatic heterocycles. The van der Waals surface area contributed by atoms with Crippen molar-refractivity contribution in [2.75, 3.05) is 29.9 Å². The minimum Gasteiger partial charge on any atom is -0.340 e. The summed E-state index contributed by atoms with van der Waals surface area (Å²) < 4.78 is 37.2. The van der Waals surface area contributed by atoms with Crippen LogP contribution in [0.4, 0.5) is 15.9 Å². The molecule has 1 saturated heterocycles. The summed E-state index contributed by atoms with van der Waals surface area (Å²) >= 11 is 5.95. The Labute approximate surface area is 205 Å². The van der Waals surface area contributed by atoms with Gasteiger partial charge in [0.1, 0.15) is 11.6 Å². The Bertz CT molecular complexity index is 1540. The van der Waals surface area contributed by atoms with Crippen molar-refractivity contribution in [3.63, 3.8) is 0 Å². The highest BCUT2D eigenvalue weighted by Gasteiger charge is 2.26. The Kier molecular flexibility index (Phi) is 6.08. The minimum absolute atomic E-state index is 0.0447. The lowest BCUT2D eigenvalue weighted by atomic mass is 10.1. The quantitative estimate of drug-likeness (QED) is 0.439. The Balaban J connectivity index is 1.57. The zero-order valence-electron chi connectivity index (χ0n) is 18.3. The molecule has 0 unspecified atom stereocenters. The van der Waals surface area contributed by atoms with Gasteiger partial charge < -0.3 is 10.2 Å². The number of nitrogens with zero attached hydrogens (tertiary/aromatic N) is 4. The van der Waals surface area contributed by atoms with Crippen molar-refractivity contribution in [2.24, 2.45) is 0 Å². The van der Waals surface area contributed by atoms with Crippen LogP contribution >= 0.6 is 11.6 Å². The molecule has 35 heavy (non-hydrogen) atoms. The van der Waals surface area contributed by atoms with E-state index in [4.69, 9.17) is 11.6 Å². The molecule has 0 atom stereocenters. The summed E-state index contributed by atoms with van der Waals surface area (Å²) in [5.41, 5.74) is 2.16. The molecular weight excluding hydrogens is 493 g/mol. The molecule has 0 saturated carbocycles. The predicted molar refractivity (Wildman–Crippen MR) is 132 cm³/mol. The number of pyridine rings is 1. The van der Waals surface area contributed by atoms with Crippen LogP contribution < -0.4 is 5.32 Å². The lowest BCUT2D eigenvalue weighted by Gasteiger charge is -2.26. The maximum absolute atomic E-state index is 13.7. The standard InChI is InChI=1S/C24H19ClFN5O3S/c25-19-13-17(4-5-20(19)26)28-23-18-12-15(24(32)31-8-10-35(33,34)11-9-31)3-6-21(18)29-22(30-23)16-2-1-7-27-14-16/h1-7,12-14H,8-11H2,(H,28,29,30). The maximum atomic E-state index is 13.7. The maximum Gasteiger partial charge on any atom is 0.253 e. The molecule has 178 valence electrons. The van der Waals surface area contributed by atoms with E-state index in [0.29, 0.717) is 39.4 Å². The summed E-state index contributed by atoms with van der Waals surface area (Å²) in [6.07, 6.45) is 3.29. The number of benzene rings is 2. The van der Waals surface area contributed by atoms with Crippen molar-refractivity contribution in [2.45, 2.75) is 0 Å². The van der Waals surface area contributed by atoms with E-state index >= 15 is 0 Å². The van der Waals surface area contributed by atoms with Gasteiger partial charge >= 0.3 is 0 Å².